The molecule has 1 fully saturated rings. The molecule has 5 nitrogen and oxygen atoms in total. The van der Waals surface area contributed by atoms with E-state index in [2.05, 4.69) is 29.7 Å². The minimum Gasteiger partial charge on any atom is -0.494 e. The molecule has 6 heteroatoms. The highest BCUT2D eigenvalue weighted by Crippen LogP contribution is 2.35. The number of amides is 1. The average Bonchev–Trinajstić information content (AvgIpc) is 3.20. The molecule has 0 aliphatic heterocycles. The molecule has 2 aromatic rings. The summed E-state index contributed by atoms with van der Waals surface area (Å²) in [6.45, 7) is 3.01. The maximum absolute atomic E-state index is 13.6. The van der Waals surface area contributed by atoms with Crippen LogP contribution in [0.3, 0.4) is 0 Å². The van der Waals surface area contributed by atoms with Crippen LogP contribution in [0.5, 0.6) is 5.75 Å². The number of carbonyl (C=O) groups is 1. The molecule has 3 unspecified atom stereocenters. The van der Waals surface area contributed by atoms with E-state index in [1.54, 1.807) is 12.1 Å². The third-order valence-electron chi connectivity index (χ3n) is 5.67. The van der Waals surface area contributed by atoms with E-state index in [-0.39, 0.29) is 23.5 Å². The Morgan fingerprint density at radius 2 is 2.00 bits per heavy atom. The lowest BCUT2D eigenvalue weighted by Gasteiger charge is -2.21. The summed E-state index contributed by atoms with van der Waals surface area (Å²) < 4.78 is 18.7. The lowest BCUT2D eigenvalue weighted by molar-refractivity contribution is 0.0954. The minimum absolute atomic E-state index is 0.0866. The van der Waals surface area contributed by atoms with Crippen molar-refractivity contribution in [2.75, 3.05) is 20.2 Å². The number of halogens is 1. The molecule has 1 aliphatic rings. The smallest absolute Gasteiger partial charge is 0.251 e. The van der Waals surface area contributed by atoms with Crippen LogP contribution in [0, 0.1) is 5.82 Å². The molecule has 0 aromatic heterocycles. The zero-order valence-electron chi connectivity index (χ0n) is 17.1. The Bertz CT molecular complexity index is 825. The quantitative estimate of drug-likeness (QED) is 0.635. The van der Waals surface area contributed by atoms with Crippen LogP contribution in [0.15, 0.2) is 42.5 Å². The Morgan fingerprint density at radius 1 is 1.24 bits per heavy atom. The van der Waals surface area contributed by atoms with E-state index in [1.807, 2.05) is 12.1 Å². The number of benzene rings is 2. The molecule has 1 aliphatic carbocycles. The second kappa shape index (κ2) is 9.85. The van der Waals surface area contributed by atoms with Gasteiger partial charge in [0.2, 0.25) is 0 Å². The van der Waals surface area contributed by atoms with Crippen molar-refractivity contribution < 1.29 is 13.9 Å². The predicted molar refractivity (Wildman–Crippen MR) is 113 cm³/mol. The normalized spacial score (nSPS) is 19.7. The van der Waals surface area contributed by atoms with Crippen molar-refractivity contribution in [3.63, 3.8) is 0 Å². The van der Waals surface area contributed by atoms with E-state index in [1.165, 1.54) is 18.7 Å². The van der Waals surface area contributed by atoms with Gasteiger partial charge in [-0.3, -0.25) is 4.79 Å². The molecule has 1 saturated carbocycles. The van der Waals surface area contributed by atoms with Gasteiger partial charge >= 0.3 is 0 Å². The van der Waals surface area contributed by atoms with E-state index in [4.69, 9.17) is 10.5 Å². The van der Waals surface area contributed by atoms with Crippen LogP contribution in [0.4, 0.5) is 4.39 Å². The van der Waals surface area contributed by atoms with Crippen LogP contribution in [-0.2, 0) is 0 Å². The van der Waals surface area contributed by atoms with Gasteiger partial charge in [0.15, 0.2) is 11.6 Å². The number of hydrogen-bond donors (Lipinski definition) is 3. The van der Waals surface area contributed by atoms with Gasteiger partial charge in [-0.25, -0.2) is 4.39 Å². The summed E-state index contributed by atoms with van der Waals surface area (Å²) in [5, 5.41) is 6.45. The molecule has 0 bridgehead atoms. The van der Waals surface area contributed by atoms with Crippen molar-refractivity contribution in [1.82, 2.24) is 10.6 Å². The maximum Gasteiger partial charge on any atom is 0.251 e. The van der Waals surface area contributed by atoms with Gasteiger partial charge in [-0.1, -0.05) is 18.2 Å². The fourth-order valence-corrected chi connectivity index (χ4v) is 4.03. The molecule has 0 spiro atoms. The number of nitrogens with two attached hydrogens (primary N) is 1. The molecule has 3 atom stereocenters. The van der Waals surface area contributed by atoms with Crippen molar-refractivity contribution in [3.8, 4) is 5.75 Å². The number of carbonyl (C=O) groups excluding carboxylic acids is 1. The standard InChI is InChI=1S/C23H30FN3O2/c1-15(18-8-10-21(24)22(14-18)29-2)27-20-9-7-19(13-20)16-3-5-17(6-4-16)23(28)26-12-11-25/h3-6,8,10,14-15,19-20,27H,7,9,11-13,25H2,1-2H3,(H,26,28). The van der Waals surface area contributed by atoms with Gasteiger partial charge in [-0.15, -0.1) is 0 Å². The molecule has 0 saturated heterocycles. The summed E-state index contributed by atoms with van der Waals surface area (Å²) in [4.78, 5) is 12.0. The Kier molecular flexibility index (Phi) is 7.23. The van der Waals surface area contributed by atoms with Gasteiger partial charge in [-0.05, 0) is 67.5 Å². The van der Waals surface area contributed by atoms with Gasteiger partial charge < -0.3 is 21.1 Å². The van der Waals surface area contributed by atoms with E-state index in [0.717, 1.165) is 24.8 Å². The van der Waals surface area contributed by atoms with Crippen molar-refractivity contribution in [1.29, 1.82) is 0 Å². The van der Waals surface area contributed by atoms with Crippen LogP contribution >= 0.6 is 0 Å². The number of methoxy groups -OCH3 is 1. The average molecular weight is 400 g/mol. The third-order valence-corrected chi connectivity index (χ3v) is 5.67. The highest BCUT2D eigenvalue weighted by atomic mass is 19.1. The molecule has 2 aromatic carbocycles. The summed E-state index contributed by atoms with van der Waals surface area (Å²) >= 11 is 0. The number of rotatable bonds is 8. The van der Waals surface area contributed by atoms with Crippen molar-refractivity contribution in [2.24, 2.45) is 5.73 Å². The summed E-state index contributed by atoms with van der Waals surface area (Å²) in [5.74, 6) is 0.320. The molecule has 4 N–H and O–H groups in total. The number of nitrogens with one attached hydrogen (secondary N) is 2. The first-order valence-corrected chi connectivity index (χ1v) is 10.2. The zero-order chi connectivity index (χ0) is 20.8. The molecule has 29 heavy (non-hydrogen) atoms. The van der Waals surface area contributed by atoms with E-state index < -0.39 is 0 Å². The molecule has 1 amide bonds. The van der Waals surface area contributed by atoms with Crippen molar-refractivity contribution in [3.05, 3.63) is 65.0 Å². The Balaban J connectivity index is 1.56. The van der Waals surface area contributed by atoms with Crippen molar-refractivity contribution in [2.45, 2.75) is 44.2 Å². The highest BCUT2D eigenvalue weighted by Gasteiger charge is 2.27. The second-order valence-electron chi connectivity index (χ2n) is 7.66. The fraction of sp³-hybridized carbons (Fsp3) is 0.435. The van der Waals surface area contributed by atoms with Crippen LogP contribution in [0.1, 0.15) is 59.6 Å². The first-order chi connectivity index (χ1) is 14.0. The monoisotopic (exact) mass is 399 g/mol. The Hall–Kier alpha value is -2.44. The Morgan fingerprint density at radius 3 is 2.69 bits per heavy atom. The van der Waals surface area contributed by atoms with E-state index in [0.29, 0.717) is 30.6 Å². The molecule has 0 radical (unpaired) electrons. The van der Waals surface area contributed by atoms with Crippen molar-refractivity contribution >= 4 is 5.91 Å². The lowest BCUT2D eigenvalue weighted by atomic mass is 9.96. The van der Waals surface area contributed by atoms with Gasteiger partial charge in [0.25, 0.3) is 5.91 Å². The highest BCUT2D eigenvalue weighted by molar-refractivity contribution is 5.94. The molecular formula is C23H30FN3O2. The molecular weight excluding hydrogens is 369 g/mol. The van der Waals surface area contributed by atoms with Crippen LogP contribution in [0.25, 0.3) is 0 Å². The fourth-order valence-electron chi connectivity index (χ4n) is 4.03. The largest absolute Gasteiger partial charge is 0.494 e. The predicted octanol–water partition coefficient (Wildman–Crippen LogP) is 3.51. The summed E-state index contributed by atoms with van der Waals surface area (Å²) in [6, 6.07) is 13.4. The van der Waals surface area contributed by atoms with E-state index in [9.17, 15) is 9.18 Å². The number of ether oxygens (including phenoxy) is 1. The first kappa shape index (κ1) is 21.3. The summed E-state index contributed by atoms with van der Waals surface area (Å²) in [6.07, 6.45) is 3.24. The minimum atomic E-state index is -0.343. The molecule has 156 valence electrons. The zero-order valence-corrected chi connectivity index (χ0v) is 17.1. The first-order valence-electron chi connectivity index (χ1n) is 10.2. The van der Waals surface area contributed by atoms with E-state index >= 15 is 0 Å². The van der Waals surface area contributed by atoms with Crippen LogP contribution in [0.2, 0.25) is 0 Å². The summed E-state index contributed by atoms with van der Waals surface area (Å²) in [5.41, 5.74) is 8.36. The maximum atomic E-state index is 13.6. The lowest BCUT2D eigenvalue weighted by Crippen LogP contribution is -2.29. The van der Waals surface area contributed by atoms with Gasteiger partial charge in [0.05, 0.1) is 7.11 Å². The Labute approximate surface area is 171 Å². The van der Waals surface area contributed by atoms with Gasteiger partial charge in [0, 0.05) is 30.7 Å². The molecule has 0 heterocycles. The molecule has 3 rings (SSSR count). The van der Waals surface area contributed by atoms with Crippen LogP contribution in [-0.4, -0.2) is 32.1 Å². The third kappa shape index (κ3) is 5.34. The van der Waals surface area contributed by atoms with Gasteiger partial charge in [0.1, 0.15) is 0 Å². The topological polar surface area (TPSA) is 76.4 Å². The SMILES string of the molecule is COc1cc(C(C)NC2CCC(c3ccc(C(=O)NCCN)cc3)C2)ccc1F. The van der Waals surface area contributed by atoms with Gasteiger partial charge in [-0.2, -0.15) is 0 Å². The number of hydrogen-bond acceptors (Lipinski definition) is 4. The second-order valence-corrected chi connectivity index (χ2v) is 7.66. The summed E-state index contributed by atoms with van der Waals surface area (Å²) in [7, 11) is 1.48. The van der Waals surface area contributed by atoms with Crippen LogP contribution < -0.4 is 21.1 Å².